The molecule has 21 heavy (non-hydrogen) atoms. The fourth-order valence-electron chi connectivity index (χ4n) is 8.55. The van der Waals surface area contributed by atoms with Crippen LogP contribution in [0.25, 0.3) is 0 Å². The van der Waals surface area contributed by atoms with E-state index in [4.69, 9.17) is 0 Å². The standard InChI is InChI=1S/C17H26O2Si2/c1-20(2,3)16-9-7-8-13(16)17(21(4,5)6)11(9)10(14(7)18)12(17)15(8)19/h7-13,16H,1-6H3. The van der Waals surface area contributed by atoms with Crippen molar-refractivity contribution in [3.8, 4) is 0 Å². The molecule has 0 aromatic rings. The van der Waals surface area contributed by atoms with Gasteiger partial charge in [0.15, 0.2) is 0 Å². The van der Waals surface area contributed by atoms with E-state index in [-0.39, 0.29) is 23.7 Å². The first kappa shape index (κ1) is 13.2. The van der Waals surface area contributed by atoms with Gasteiger partial charge in [0.05, 0.1) is 8.07 Å². The van der Waals surface area contributed by atoms with Crippen LogP contribution in [0.15, 0.2) is 0 Å². The number of hydrogen-bond donors (Lipinski definition) is 0. The number of Topliss-reactive ketones (excluding diaryl/α,β-unsaturated/α-hetero) is 2. The van der Waals surface area contributed by atoms with E-state index < -0.39 is 16.1 Å². The van der Waals surface area contributed by atoms with Gasteiger partial charge in [-0.25, -0.2) is 0 Å². The second kappa shape index (κ2) is 3.05. The molecule has 0 amide bonds. The smallest absolute Gasteiger partial charge is 0.141 e. The average molecular weight is 319 g/mol. The molecule has 5 aliphatic rings. The third-order valence-corrected chi connectivity index (χ3v) is 14.7. The van der Waals surface area contributed by atoms with Crippen molar-refractivity contribution < 1.29 is 9.59 Å². The summed E-state index contributed by atoms with van der Waals surface area (Å²) in [6.45, 7) is 14.9. The molecule has 5 saturated carbocycles. The minimum atomic E-state index is -1.46. The molecule has 0 aliphatic heterocycles. The lowest BCUT2D eigenvalue weighted by atomic mass is 9.58. The number of rotatable bonds is 2. The predicted molar refractivity (Wildman–Crippen MR) is 87.6 cm³/mol. The van der Waals surface area contributed by atoms with Crippen LogP contribution in [-0.2, 0) is 9.59 Å². The van der Waals surface area contributed by atoms with E-state index in [9.17, 15) is 9.59 Å². The first-order valence-electron chi connectivity index (χ1n) is 8.63. The number of ketones is 2. The zero-order valence-corrected chi connectivity index (χ0v) is 15.9. The first-order valence-corrected chi connectivity index (χ1v) is 15.7. The van der Waals surface area contributed by atoms with Crippen molar-refractivity contribution in [1.29, 1.82) is 0 Å². The molecule has 9 atom stereocenters. The van der Waals surface area contributed by atoms with Gasteiger partial charge in [-0.05, 0) is 28.3 Å². The molecule has 5 fully saturated rings. The monoisotopic (exact) mass is 318 g/mol. The van der Waals surface area contributed by atoms with Gasteiger partial charge in [-0.3, -0.25) is 9.59 Å². The second-order valence-corrected chi connectivity index (χ2v) is 21.3. The van der Waals surface area contributed by atoms with Crippen LogP contribution in [0.1, 0.15) is 0 Å². The summed E-state index contributed by atoms with van der Waals surface area (Å²) in [7, 11) is -2.79. The number of carbonyl (C=O) groups is 2. The lowest BCUT2D eigenvalue weighted by molar-refractivity contribution is -0.145. The van der Waals surface area contributed by atoms with E-state index in [0.717, 1.165) is 5.54 Å². The van der Waals surface area contributed by atoms with Crippen molar-refractivity contribution >= 4 is 27.7 Å². The van der Waals surface area contributed by atoms with Gasteiger partial charge in [-0.15, -0.1) is 0 Å². The van der Waals surface area contributed by atoms with Crippen LogP contribution >= 0.6 is 0 Å². The first-order chi connectivity index (χ1) is 9.56. The Morgan fingerprint density at radius 2 is 1.43 bits per heavy atom. The van der Waals surface area contributed by atoms with Gasteiger partial charge in [0.1, 0.15) is 11.6 Å². The molecule has 0 aromatic carbocycles. The van der Waals surface area contributed by atoms with Crippen LogP contribution in [0.5, 0.6) is 0 Å². The maximum Gasteiger partial charge on any atom is 0.141 e. The normalized spacial score (nSPS) is 59.3. The van der Waals surface area contributed by atoms with Crippen LogP contribution in [0.3, 0.4) is 0 Å². The topological polar surface area (TPSA) is 34.1 Å². The molecular weight excluding hydrogens is 292 g/mol. The average Bonchev–Trinajstić information content (AvgIpc) is 2.73. The zero-order chi connectivity index (χ0) is 15.3. The van der Waals surface area contributed by atoms with E-state index in [1.807, 2.05) is 0 Å². The van der Waals surface area contributed by atoms with E-state index in [1.165, 1.54) is 0 Å². The minimum Gasteiger partial charge on any atom is -0.299 e. The Morgan fingerprint density at radius 3 is 1.95 bits per heavy atom. The highest BCUT2D eigenvalue weighted by Gasteiger charge is 2.94. The van der Waals surface area contributed by atoms with E-state index >= 15 is 0 Å². The van der Waals surface area contributed by atoms with Crippen molar-refractivity contribution in [2.45, 2.75) is 49.9 Å². The van der Waals surface area contributed by atoms with Crippen molar-refractivity contribution in [3.05, 3.63) is 0 Å². The summed E-state index contributed by atoms with van der Waals surface area (Å²) in [6.07, 6.45) is 0. The molecular formula is C17H26O2Si2. The summed E-state index contributed by atoms with van der Waals surface area (Å²) in [5, 5.41) is 0.317. The molecule has 2 bridgehead atoms. The summed E-state index contributed by atoms with van der Waals surface area (Å²) >= 11 is 0. The number of hydrogen-bond acceptors (Lipinski definition) is 2. The Morgan fingerprint density at radius 1 is 0.810 bits per heavy atom. The molecule has 4 heteroatoms. The fraction of sp³-hybridized carbons (Fsp3) is 0.882. The molecule has 5 rings (SSSR count). The minimum absolute atomic E-state index is 0.158. The van der Waals surface area contributed by atoms with E-state index in [0.29, 0.717) is 34.4 Å². The fourth-order valence-corrected chi connectivity index (χ4v) is 15.8. The van der Waals surface area contributed by atoms with Gasteiger partial charge in [0.2, 0.25) is 0 Å². The summed E-state index contributed by atoms with van der Waals surface area (Å²) in [4.78, 5) is 25.9. The van der Waals surface area contributed by atoms with E-state index in [1.54, 1.807) is 0 Å². The molecule has 0 saturated heterocycles. The molecule has 5 aliphatic carbocycles. The number of carbonyl (C=O) groups excluding carboxylic acids is 2. The molecule has 0 spiro atoms. The Balaban J connectivity index is 1.81. The molecule has 0 N–H and O–H groups in total. The molecule has 114 valence electrons. The summed E-state index contributed by atoms with van der Waals surface area (Å²) in [5.41, 5.74) is 0.745. The van der Waals surface area contributed by atoms with Crippen molar-refractivity contribution in [2.24, 2.45) is 41.4 Å². The lowest BCUT2D eigenvalue weighted by Gasteiger charge is -2.61. The van der Waals surface area contributed by atoms with Crippen LogP contribution < -0.4 is 0 Å². The van der Waals surface area contributed by atoms with Crippen LogP contribution in [0.2, 0.25) is 49.9 Å². The van der Waals surface area contributed by atoms with Crippen LogP contribution in [0.4, 0.5) is 0 Å². The van der Waals surface area contributed by atoms with Crippen molar-refractivity contribution in [3.63, 3.8) is 0 Å². The van der Waals surface area contributed by atoms with Crippen molar-refractivity contribution in [1.82, 2.24) is 0 Å². The van der Waals surface area contributed by atoms with Crippen LogP contribution in [-0.4, -0.2) is 27.7 Å². The van der Waals surface area contributed by atoms with Gasteiger partial charge in [0.25, 0.3) is 0 Å². The Kier molecular flexibility index (Phi) is 1.92. The quantitative estimate of drug-likeness (QED) is 0.732. The highest BCUT2D eigenvalue weighted by atomic mass is 28.3. The highest BCUT2D eigenvalue weighted by Crippen LogP contribution is 2.95. The van der Waals surface area contributed by atoms with Gasteiger partial charge < -0.3 is 0 Å². The Labute approximate surface area is 129 Å². The molecule has 0 heterocycles. The van der Waals surface area contributed by atoms with Crippen molar-refractivity contribution in [2.75, 3.05) is 0 Å². The Bertz CT molecular complexity index is 613. The zero-order valence-electron chi connectivity index (χ0n) is 13.9. The molecule has 0 aromatic heterocycles. The lowest BCUT2D eigenvalue weighted by Crippen LogP contribution is -2.61. The predicted octanol–water partition coefficient (Wildman–Crippen LogP) is 3.29. The maximum absolute atomic E-state index is 13.1. The number of fused-ring (bicyclic) bond motifs is 2. The summed E-state index contributed by atoms with van der Waals surface area (Å²) in [5.74, 6) is 3.56. The third-order valence-electron chi connectivity index (χ3n) is 8.36. The largest absolute Gasteiger partial charge is 0.299 e. The molecule has 2 nitrogen and oxygen atoms in total. The third kappa shape index (κ3) is 0.957. The highest BCUT2D eigenvalue weighted by molar-refractivity contribution is 6.82. The molecule has 9 unspecified atom stereocenters. The van der Waals surface area contributed by atoms with Crippen LogP contribution in [0, 0.1) is 41.4 Å². The summed E-state index contributed by atoms with van der Waals surface area (Å²) in [6, 6.07) is 0. The second-order valence-electron chi connectivity index (χ2n) is 10.6. The van der Waals surface area contributed by atoms with Gasteiger partial charge in [-0.2, -0.15) is 0 Å². The van der Waals surface area contributed by atoms with Gasteiger partial charge in [-0.1, -0.05) is 39.3 Å². The summed E-state index contributed by atoms with van der Waals surface area (Å²) < 4.78 is 0. The van der Waals surface area contributed by atoms with Gasteiger partial charge >= 0.3 is 0 Å². The van der Waals surface area contributed by atoms with Gasteiger partial charge in [0, 0.05) is 31.7 Å². The molecule has 0 radical (unpaired) electrons. The SMILES string of the molecule is C[Si](C)(C)C1C2C3C(=O)C4C5C(=O)C3C1C5([Si](C)(C)C)C42. The maximum atomic E-state index is 13.1. The Hall–Kier alpha value is -0.226. The van der Waals surface area contributed by atoms with E-state index in [2.05, 4.69) is 39.3 Å².